The molecule has 0 bridgehead atoms. The van der Waals surface area contributed by atoms with Gasteiger partial charge >= 0.3 is 0 Å². The molecule has 1 heterocycles. The highest BCUT2D eigenvalue weighted by Gasteiger charge is 2.35. The fourth-order valence-electron chi connectivity index (χ4n) is 7.46. The van der Waals surface area contributed by atoms with E-state index in [9.17, 15) is 0 Å². The zero-order valence-electron chi connectivity index (χ0n) is 26.4. The topological polar surface area (TPSA) is 3.24 Å². The number of thiophene rings is 1. The van der Waals surface area contributed by atoms with Crippen molar-refractivity contribution >= 4 is 48.6 Å². The molecule has 9 rings (SSSR count). The van der Waals surface area contributed by atoms with E-state index in [-0.39, 0.29) is 5.41 Å². The van der Waals surface area contributed by atoms with Crippen LogP contribution in [0.15, 0.2) is 164 Å². The van der Waals surface area contributed by atoms with E-state index in [0.29, 0.717) is 0 Å². The molecule has 1 aromatic heterocycles. The number of anilines is 3. The number of nitrogens with zero attached hydrogens (tertiary/aromatic N) is 1. The van der Waals surface area contributed by atoms with Crippen LogP contribution in [0.3, 0.4) is 0 Å². The molecule has 0 unspecified atom stereocenters. The van der Waals surface area contributed by atoms with Crippen molar-refractivity contribution in [3.63, 3.8) is 0 Å². The normalized spacial score (nSPS) is 13.1. The summed E-state index contributed by atoms with van der Waals surface area (Å²) in [7, 11) is 0. The van der Waals surface area contributed by atoms with Crippen LogP contribution >= 0.6 is 11.3 Å². The highest BCUT2D eigenvalue weighted by molar-refractivity contribution is 7.26. The van der Waals surface area contributed by atoms with Gasteiger partial charge in [0, 0.05) is 32.3 Å². The molecule has 1 aliphatic rings. The first-order chi connectivity index (χ1) is 23.1. The predicted octanol–water partition coefficient (Wildman–Crippen LogP) is 13.2. The van der Waals surface area contributed by atoms with Crippen molar-refractivity contribution in [2.24, 2.45) is 0 Å². The fourth-order valence-corrected chi connectivity index (χ4v) is 8.65. The highest BCUT2D eigenvalue weighted by Crippen LogP contribution is 2.51. The lowest BCUT2D eigenvalue weighted by molar-refractivity contribution is 0.660. The minimum absolute atomic E-state index is 0.0550. The van der Waals surface area contributed by atoms with Crippen LogP contribution in [-0.4, -0.2) is 0 Å². The largest absolute Gasteiger partial charge is 0.309 e. The molecule has 1 aliphatic carbocycles. The third kappa shape index (κ3) is 4.52. The maximum atomic E-state index is 2.44. The Morgan fingerprint density at radius 3 is 1.87 bits per heavy atom. The molecule has 0 amide bonds. The molecule has 224 valence electrons. The Morgan fingerprint density at radius 2 is 1.06 bits per heavy atom. The summed E-state index contributed by atoms with van der Waals surface area (Å²) < 4.78 is 2.60. The summed E-state index contributed by atoms with van der Waals surface area (Å²) in [5.41, 5.74) is 13.8. The standard InChI is InChI=1S/C45H33NS/c1-45(2)40-19-11-9-17-36(40)37-26-23-32(28-41(37)45)33-27-39-38-18-10-12-20-43(38)47-44(39)42(29-33)46(34-15-7-4-8-16-34)35-24-21-31(22-25-35)30-13-5-3-6-14-30/h3-29H,1-2H3. The average Bonchev–Trinajstić information content (AvgIpc) is 3.62. The molecule has 0 N–H and O–H groups in total. The van der Waals surface area contributed by atoms with Gasteiger partial charge in [0.15, 0.2) is 0 Å². The SMILES string of the molecule is CC1(C)c2ccccc2-c2ccc(-c3cc(N(c4ccccc4)c4ccc(-c5ccccc5)cc4)c4sc5ccccc5c4c3)cc21. The van der Waals surface area contributed by atoms with Gasteiger partial charge in [-0.1, -0.05) is 129 Å². The molecule has 8 aromatic rings. The number of hydrogen-bond donors (Lipinski definition) is 0. The Labute approximate surface area is 280 Å². The second kappa shape index (κ2) is 10.8. The van der Waals surface area contributed by atoms with Crippen LogP contribution in [0.5, 0.6) is 0 Å². The van der Waals surface area contributed by atoms with Crippen molar-refractivity contribution in [2.75, 3.05) is 4.90 Å². The summed E-state index contributed by atoms with van der Waals surface area (Å²) >= 11 is 1.88. The average molecular weight is 620 g/mol. The summed E-state index contributed by atoms with van der Waals surface area (Å²) in [4.78, 5) is 2.43. The van der Waals surface area contributed by atoms with E-state index in [0.717, 1.165) is 11.4 Å². The van der Waals surface area contributed by atoms with Crippen LogP contribution in [0.4, 0.5) is 17.1 Å². The van der Waals surface area contributed by atoms with Gasteiger partial charge in [-0.2, -0.15) is 0 Å². The zero-order valence-corrected chi connectivity index (χ0v) is 27.3. The van der Waals surface area contributed by atoms with Gasteiger partial charge in [-0.15, -0.1) is 11.3 Å². The number of benzene rings is 7. The first kappa shape index (κ1) is 27.8. The van der Waals surface area contributed by atoms with Gasteiger partial charge in [0.1, 0.15) is 0 Å². The van der Waals surface area contributed by atoms with Crippen molar-refractivity contribution in [2.45, 2.75) is 19.3 Å². The van der Waals surface area contributed by atoms with Gasteiger partial charge < -0.3 is 4.90 Å². The lowest BCUT2D eigenvalue weighted by atomic mass is 9.81. The fraction of sp³-hybridized carbons (Fsp3) is 0.0667. The van der Waals surface area contributed by atoms with Gasteiger partial charge in [-0.25, -0.2) is 0 Å². The van der Waals surface area contributed by atoms with Crippen molar-refractivity contribution in [3.05, 3.63) is 175 Å². The Hall–Kier alpha value is -5.44. The highest BCUT2D eigenvalue weighted by atomic mass is 32.1. The molecule has 7 aromatic carbocycles. The van der Waals surface area contributed by atoms with E-state index in [1.165, 1.54) is 70.4 Å². The number of fused-ring (bicyclic) bond motifs is 6. The molecule has 1 nitrogen and oxygen atoms in total. The minimum Gasteiger partial charge on any atom is -0.309 e. The minimum atomic E-state index is -0.0550. The van der Waals surface area contributed by atoms with Gasteiger partial charge in [0.25, 0.3) is 0 Å². The third-order valence-corrected chi connectivity index (χ3v) is 11.1. The van der Waals surface area contributed by atoms with E-state index in [4.69, 9.17) is 0 Å². The van der Waals surface area contributed by atoms with Gasteiger partial charge in [-0.05, 0) is 93.0 Å². The smallest absolute Gasteiger partial charge is 0.0646 e. The molecule has 0 fully saturated rings. The molecule has 47 heavy (non-hydrogen) atoms. The van der Waals surface area contributed by atoms with Crippen LogP contribution in [-0.2, 0) is 5.41 Å². The summed E-state index contributed by atoms with van der Waals surface area (Å²) in [6.07, 6.45) is 0. The van der Waals surface area contributed by atoms with Gasteiger partial charge in [0.2, 0.25) is 0 Å². The molecule has 0 atom stereocenters. The van der Waals surface area contributed by atoms with Crippen molar-refractivity contribution in [3.8, 4) is 33.4 Å². The third-order valence-electron chi connectivity index (χ3n) is 9.86. The van der Waals surface area contributed by atoms with E-state index < -0.39 is 0 Å². The lowest BCUT2D eigenvalue weighted by Gasteiger charge is -2.27. The maximum Gasteiger partial charge on any atom is 0.0646 e. The van der Waals surface area contributed by atoms with Gasteiger partial charge in [0.05, 0.1) is 10.4 Å². The summed E-state index contributed by atoms with van der Waals surface area (Å²) in [6, 6.07) is 60.0. The van der Waals surface area contributed by atoms with E-state index >= 15 is 0 Å². The van der Waals surface area contributed by atoms with Crippen LogP contribution in [0.25, 0.3) is 53.6 Å². The Balaban J connectivity index is 1.27. The summed E-state index contributed by atoms with van der Waals surface area (Å²) in [6.45, 7) is 4.72. The lowest BCUT2D eigenvalue weighted by Crippen LogP contribution is -2.14. The van der Waals surface area contributed by atoms with E-state index in [2.05, 4.69) is 183 Å². The second-order valence-corrected chi connectivity index (χ2v) is 14.0. The Morgan fingerprint density at radius 1 is 0.447 bits per heavy atom. The first-order valence-corrected chi connectivity index (χ1v) is 17.1. The summed E-state index contributed by atoms with van der Waals surface area (Å²) in [5, 5.41) is 2.60. The molecule has 0 aliphatic heterocycles. The molecular weight excluding hydrogens is 587 g/mol. The molecule has 2 heteroatoms. The summed E-state index contributed by atoms with van der Waals surface area (Å²) in [5.74, 6) is 0. The van der Waals surface area contributed by atoms with Gasteiger partial charge in [-0.3, -0.25) is 0 Å². The number of rotatable bonds is 5. The zero-order chi connectivity index (χ0) is 31.5. The molecule has 0 radical (unpaired) electrons. The predicted molar refractivity (Wildman–Crippen MR) is 202 cm³/mol. The maximum absolute atomic E-state index is 2.44. The Kier molecular flexibility index (Phi) is 6.41. The van der Waals surface area contributed by atoms with Crippen LogP contribution in [0, 0.1) is 0 Å². The quantitative estimate of drug-likeness (QED) is 0.185. The first-order valence-electron chi connectivity index (χ1n) is 16.3. The van der Waals surface area contributed by atoms with Crippen LogP contribution in [0.1, 0.15) is 25.0 Å². The second-order valence-electron chi connectivity index (χ2n) is 13.0. The molecular formula is C45H33NS. The monoisotopic (exact) mass is 619 g/mol. The molecule has 0 spiro atoms. The Bertz CT molecular complexity index is 2420. The number of hydrogen-bond acceptors (Lipinski definition) is 2. The molecule has 0 saturated heterocycles. The van der Waals surface area contributed by atoms with Crippen LogP contribution in [0.2, 0.25) is 0 Å². The van der Waals surface area contributed by atoms with Crippen molar-refractivity contribution < 1.29 is 0 Å². The molecule has 0 saturated carbocycles. The van der Waals surface area contributed by atoms with E-state index in [1.54, 1.807) is 0 Å². The van der Waals surface area contributed by atoms with Crippen LogP contribution < -0.4 is 4.90 Å². The van der Waals surface area contributed by atoms with E-state index in [1.807, 2.05) is 11.3 Å². The van der Waals surface area contributed by atoms with Crippen molar-refractivity contribution in [1.29, 1.82) is 0 Å². The number of para-hydroxylation sites is 1. The van der Waals surface area contributed by atoms with Crippen molar-refractivity contribution in [1.82, 2.24) is 0 Å².